The molecule has 3 aromatic carbocycles. The van der Waals surface area contributed by atoms with Crippen LogP contribution in [0.4, 0.5) is 0 Å². The van der Waals surface area contributed by atoms with Gasteiger partial charge in [-0.25, -0.2) is 0 Å². The van der Waals surface area contributed by atoms with Crippen LogP contribution >= 0.6 is 0 Å². The molecule has 0 saturated carbocycles. The van der Waals surface area contributed by atoms with Crippen molar-refractivity contribution in [3.05, 3.63) is 82.9 Å². The van der Waals surface area contributed by atoms with E-state index in [1.165, 1.54) is 28.4 Å². The molecular weight excluding hydrogens is 436 g/mol. The van der Waals surface area contributed by atoms with Gasteiger partial charge in [-0.05, 0) is 35.4 Å². The van der Waals surface area contributed by atoms with Gasteiger partial charge in [0.25, 0.3) is 11.8 Å². The summed E-state index contributed by atoms with van der Waals surface area (Å²) in [7, 11) is 6.13. The number of nitrogens with one attached hydrogen (secondary N) is 2. The number of carbonyl (C=O) groups is 2. The average Bonchev–Trinajstić information content (AvgIpc) is 2.89. The molecule has 0 aliphatic rings. The molecule has 8 nitrogen and oxygen atoms in total. The van der Waals surface area contributed by atoms with Gasteiger partial charge in [0, 0.05) is 36.3 Å². The molecule has 0 spiro atoms. The monoisotopic (exact) mass is 464 g/mol. The van der Waals surface area contributed by atoms with E-state index >= 15 is 0 Å². The molecule has 2 N–H and O–H groups in total. The van der Waals surface area contributed by atoms with Gasteiger partial charge in [-0.15, -0.1) is 0 Å². The number of carbonyl (C=O) groups excluding carboxylic acids is 2. The van der Waals surface area contributed by atoms with Gasteiger partial charge < -0.3 is 29.6 Å². The summed E-state index contributed by atoms with van der Waals surface area (Å²) in [6, 6.07) is 17.6. The standard InChI is InChI=1S/C26H28N2O6/c1-31-21-9-19(10-22(13-21)32-2)25(29)27-15-17-6-5-7-18(8-17)16-28-26(30)20-11-23(33-3)14-24(12-20)34-4/h5-14H,15-16H2,1-4H3,(H,27,29)(H,28,30). The summed E-state index contributed by atoms with van der Waals surface area (Å²) < 4.78 is 20.9. The van der Waals surface area contributed by atoms with Crippen LogP contribution in [0.3, 0.4) is 0 Å². The summed E-state index contributed by atoms with van der Waals surface area (Å²) in [6.07, 6.45) is 0. The smallest absolute Gasteiger partial charge is 0.251 e. The second kappa shape index (κ2) is 11.6. The lowest BCUT2D eigenvalue weighted by Crippen LogP contribution is -2.24. The molecule has 0 fully saturated rings. The summed E-state index contributed by atoms with van der Waals surface area (Å²) in [5, 5.41) is 5.79. The zero-order valence-electron chi connectivity index (χ0n) is 19.6. The highest BCUT2D eigenvalue weighted by molar-refractivity contribution is 5.95. The predicted molar refractivity (Wildman–Crippen MR) is 128 cm³/mol. The molecular formula is C26H28N2O6. The lowest BCUT2D eigenvalue weighted by atomic mass is 10.1. The molecule has 34 heavy (non-hydrogen) atoms. The molecule has 0 atom stereocenters. The maximum atomic E-state index is 12.6. The number of benzene rings is 3. The number of hydrogen-bond acceptors (Lipinski definition) is 6. The van der Waals surface area contributed by atoms with Gasteiger partial charge in [0.1, 0.15) is 23.0 Å². The molecule has 3 rings (SSSR count). The summed E-state index contributed by atoms with van der Waals surface area (Å²) in [4.78, 5) is 25.2. The maximum Gasteiger partial charge on any atom is 0.251 e. The number of hydrogen-bond donors (Lipinski definition) is 2. The Kier molecular flexibility index (Phi) is 8.34. The van der Waals surface area contributed by atoms with E-state index in [4.69, 9.17) is 18.9 Å². The quantitative estimate of drug-likeness (QED) is 0.476. The van der Waals surface area contributed by atoms with Crippen LogP contribution in [-0.2, 0) is 13.1 Å². The molecule has 0 unspecified atom stereocenters. The van der Waals surface area contributed by atoms with Crippen molar-refractivity contribution in [1.29, 1.82) is 0 Å². The van der Waals surface area contributed by atoms with E-state index in [1.807, 2.05) is 24.3 Å². The third-order valence-electron chi connectivity index (χ3n) is 5.12. The number of rotatable bonds is 10. The van der Waals surface area contributed by atoms with Gasteiger partial charge in [-0.1, -0.05) is 24.3 Å². The third kappa shape index (κ3) is 6.41. The summed E-state index contributed by atoms with van der Waals surface area (Å²) in [6.45, 7) is 0.653. The Morgan fingerprint density at radius 1 is 0.588 bits per heavy atom. The second-order valence-electron chi connectivity index (χ2n) is 7.39. The fourth-order valence-corrected chi connectivity index (χ4v) is 3.30. The van der Waals surface area contributed by atoms with Gasteiger partial charge in [0.15, 0.2) is 0 Å². The van der Waals surface area contributed by atoms with Gasteiger partial charge in [-0.3, -0.25) is 9.59 Å². The summed E-state index contributed by atoms with van der Waals surface area (Å²) in [5.74, 6) is 1.66. The van der Waals surface area contributed by atoms with Crippen molar-refractivity contribution >= 4 is 11.8 Å². The first kappa shape index (κ1) is 24.4. The molecule has 0 aliphatic heterocycles. The minimum Gasteiger partial charge on any atom is -0.497 e. The van der Waals surface area contributed by atoms with Gasteiger partial charge >= 0.3 is 0 Å². The van der Waals surface area contributed by atoms with Crippen LogP contribution in [-0.4, -0.2) is 40.3 Å². The molecule has 0 saturated heterocycles. The molecule has 3 aromatic rings. The zero-order valence-corrected chi connectivity index (χ0v) is 19.6. The van der Waals surface area contributed by atoms with Crippen molar-refractivity contribution in [3.8, 4) is 23.0 Å². The molecule has 0 aliphatic carbocycles. The van der Waals surface area contributed by atoms with E-state index < -0.39 is 0 Å². The minimum absolute atomic E-state index is 0.247. The summed E-state index contributed by atoms with van der Waals surface area (Å²) >= 11 is 0. The van der Waals surface area contributed by atoms with E-state index in [0.717, 1.165) is 11.1 Å². The Balaban J connectivity index is 1.61. The molecule has 8 heteroatoms. The lowest BCUT2D eigenvalue weighted by Gasteiger charge is -2.11. The van der Waals surface area contributed by atoms with Crippen LogP contribution in [0.15, 0.2) is 60.7 Å². The van der Waals surface area contributed by atoms with Gasteiger partial charge in [-0.2, -0.15) is 0 Å². The highest BCUT2D eigenvalue weighted by Crippen LogP contribution is 2.23. The Bertz CT molecular complexity index is 1030. The fourth-order valence-electron chi connectivity index (χ4n) is 3.30. The van der Waals surface area contributed by atoms with Crippen LogP contribution in [0, 0.1) is 0 Å². The van der Waals surface area contributed by atoms with Crippen molar-refractivity contribution in [2.24, 2.45) is 0 Å². The van der Waals surface area contributed by atoms with Gasteiger partial charge in [0.2, 0.25) is 0 Å². The topological polar surface area (TPSA) is 95.1 Å². The molecule has 0 radical (unpaired) electrons. The lowest BCUT2D eigenvalue weighted by molar-refractivity contribution is 0.0943. The van der Waals surface area contributed by atoms with Crippen molar-refractivity contribution in [2.75, 3.05) is 28.4 Å². The Morgan fingerprint density at radius 2 is 0.941 bits per heavy atom. The molecule has 178 valence electrons. The van der Waals surface area contributed by atoms with Crippen molar-refractivity contribution in [3.63, 3.8) is 0 Å². The molecule has 0 aromatic heterocycles. The zero-order chi connectivity index (χ0) is 24.5. The average molecular weight is 465 g/mol. The minimum atomic E-state index is -0.247. The highest BCUT2D eigenvalue weighted by Gasteiger charge is 2.11. The first-order chi connectivity index (χ1) is 16.4. The number of amides is 2. The number of methoxy groups -OCH3 is 4. The fraction of sp³-hybridized carbons (Fsp3) is 0.231. The van der Waals surface area contributed by atoms with Crippen LogP contribution in [0.2, 0.25) is 0 Å². The van der Waals surface area contributed by atoms with Crippen LogP contribution in [0.5, 0.6) is 23.0 Å². The van der Waals surface area contributed by atoms with Crippen LogP contribution < -0.4 is 29.6 Å². The highest BCUT2D eigenvalue weighted by atomic mass is 16.5. The normalized spacial score (nSPS) is 10.2. The predicted octanol–water partition coefficient (Wildman–Crippen LogP) is 3.58. The Labute approximate surface area is 198 Å². The first-order valence-electron chi connectivity index (χ1n) is 10.6. The number of ether oxygens (including phenoxy) is 4. The molecule has 0 bridgehead atoms. The van der Waals surface area contributed by atoms with Gasteiger partial charge in [0.05, 0.1) is 28.4 Å². The largest absolute Gasteiger partial charge is 0.497 e. The van der Waals surface area contributed by atoms with E-state index in [0.29, 0.717) is 47.2 Å². The third-order valence-corrected chi connectivity index (χ3v) is 5.12. The summed E-state index contributed by atoms with van der Waals surface area (Å²) in [5.41, 5.74) is 2.68. The van der Waals surface area contributed by atoms with E-state index in [1.54, 1.807) is 36.4 Å². The van der Waals surface area contributed by atoms with Crippen molar-refractivity contribution < 1.29 is 28.5 Å². The SMILES string of the molecule is COc1cc(OC)cc(C(=O)NCc2cccc(CNC(=O)c3cc(OC)cc(OC)c3)c2)c1. The van der Waals surface area contributed by atoms with E-state index in [2.05, 4.69) is 10.6 Å². The second-order valence-corrected chi connectivity index (χ2v) is 7.39. The van der Waals surface area contributed by atoms with Crippen molar-refractivity contribution in [2.45, 2.75) is 13.1 Å². The Morgan fingerprint density at radius 3 is 1.26 bits per heavy atom. The van der Waals surface area contributed by atoms with Crippen molar-refractivity contribution in [1.82, 2.24) is 10.6 Å². The van der Waals surface area contributed by atoms with Crippen LogP contribution in [0.25, 0.3) is 0 Å². The maximum absolute atomic E-state index is 12.6. The van der Waals surface area contributed by atoms with Crippen LogP contribution in [0.1, 0.15) is 31.8 Å². The van der Waals surface area contributed by atoms with E-state index in [9.17, 15) is 9.59 Å². The first-order valence-corrected chi connectivity index (χ1v) is 10.6. The Hall–Kier alpha value is -4.20. The molecule has 2 amide bonds. The van der Waals surface area contributed by atoms with E-state index in [-0.39, 0.29) is 11.8 Å². The molecule has 0 heterocycles.